The van der Waals surface area contributed by atoms with Crippen LogP contribution in [0.25, 0.3) is 0 Å². The van der Waals surface area contributed by atoms with Crippen LogP contribution in [0.2, 0.25) is 0 Å². The summed E-state index contributed by atoms with van der Waals surface area (Å²) in [5.41, 5.74) is 1.17. The largest absolute Gasteiger partial charge is 0.494 e. The first kappa shape index (κ1) is 16.7. The molecule has 0 radical (unpaired) electrons. The van der Waals surface area contributed by atoms with Crippen molar-refractivity contribution in [2.24, 2.45) is 0 Å². The highest BCUT2D eigenvalue weighted by Gasteiger charge is 2.41. The Balaban J connectivity index is 1.98. The first-order valence-corrected chi connectivity index (χ1v) is 7.94. The summed E-state index contributed by atoms with van der Waals surface area (Å²) >= 11 is 0. The van der Waals surface area contributed by atoms with Crippen molar-refractivity contribution in [1.82, 2.24) is 4.90 Å². The monoisotopic (exact) mass is 339 g/mol. The fraction of sp³-hybridized carbons (Fsp3) is 0.211. The van der Waals surface area contributed by atoms with Crippen LogP contribution in [0.3, 0.4) is 0 Å². The molecular weight excluding hydrogens is 322 g/mol. The molecule has 0 bridgehead atoms. The van der Waals surface area contributed by atoms with Crippen LogP contribution in [0.4, 0.5) is 0 Å². The van der Waals surface area contributed by atoms with Crippen LogP contribution in [0.15, 0.2) is 48.5 Å². The van der Waals surface area contributed by atoms with E-state index in [1.165, 1.54) is 0 Å². The molecule has 1 N–H and O–H groups in total. The summed E-state index contributed by atoms with van der Waals surface area (Å²) in [4.78, 5) is 37.7. The Labute approximate surface area is 144 Å². The molecule has 0 saturated heterocycles. The zero-order chi connectivity index (χ0) is 18.0. The minimum absolute atomic E-state index is 0.300. The van der Waals surface area contributed by atoms with E-state index in [4.69, 9.17) is 4.74 Å². The second kappa shape index (κ2) is 6.76. The number of carbonyl (C=O) groups is 3. The van der Waals surface area contributed by atoms with E-state index >= 15 is 0 Å². The summed E-state index contributed by atoms with van der Waals surface area (Å²) in [5, 5.41) is 9.26. The van der Waals surface area contributed by atoms with E-state index in [-0.39, 0.29) is 6.42 Å². The van der Waals surface area contributed by atoms with Crippen molar-refractivity contribution >= 4 is 17.8 Å². The van der Waals surface area contributed by atoms with Gasteiger partial charge in [0.1, 0.15) is 5.75 Å². The van der Waals surface area contributed by atoms with Gasteiger partial charge in [-0.1, -0.05) is 24.3 Å². The van der Waals surface area contributed by atoms with Gasteiger partial charge in [0.15, 0.2) is 0 Å². The Bertz CT molecular complexity index is 793. The highest BCUT2D eigenvalue weighted by Crippen LogP contribution is 2.34. The number of hydrogen-bond donors (Lipinski definition) is 1. The Morgan fingerprint density at radius 2 is 1.60 bits per heavy atom. The number of rotatable bonds is 6. The number of ether oxygens (including phenoxy) is 1. The fourth-order valence-electron chi connectivity index (χ4n) is 2.97. The van der Waals surface area contributed by atoms with Crippen LogP contribution in [0.1, 0.15) is 45.7 Å². The molecule has 2 aromatic rings. The summed E-state index contributed by atoms with van der Waals surface area (Å²) in [6.45, 7) is 2.37. The van der Waals surface area contributed by atoms with Gasteiger partial charge in [-0.25, -0.2) is 0 Å². The second-order valence-corrected chi connectivity index (χ2v) is 5.64. The molecule has 0 fully saturated rings. The quantitative estimate of drug-likeness (QED) is 0.818. The van der Waals surface area contributed by atoms with Gasteiger partial charge in [-0.2, -0.15) is 0 Å². The number of amides is 2. The molecule has 128 valence electrons. The normalized spacial score (nSPS) is 14.4. The predicted molar refractivity (Wildman–Crippen MR) is 89.5 cm³/mol. The highest BCUT2D eigenvalue weighted by molar-refractivity contribution is 6.21. The SMILES string of the molecule is CCOc1ccc(C(CC(=O)O)N2C(=O)c3ccccc3C2=O)cc1. The number of carboxylic acids is 1. The summed E-state index contributed by atoms with van der Waals surface area (Å²) in [6, 6.07) is 12.4. The van der Waals surface area contributed by atoms with E-state index in [9.17, 15) is 19.5 Å². The molecule has 1 unspecified atom stereocenters. The van der Waals surface area contributed by atoms with Crippen molar-refractivity contribution < 1.29 is 24.2 Å². The Morgan fingerprint density at radius 3 is 2.08 bits per heavy atom. The van der Waals surface area contributed by atoms with Gasteiger partial charge in [0.05, 0.1) is 30.2 Å². The number of imide groups is 1. The smallest absolute Gasteiger partial charge is 0.305 e. The maximum Gasteiger partial charge on any atom is 0.305 e. The summed E-state index contributed by atoms with van der Waals surface area (Å²) in [6.07, 6.45) is -0.362. The van der Waals surface area contributed by atoms with Gasteiger partial charge < -0.3 is 9.84 Å². The molecule has 2 amide bonds. The van der Waals surface area contributed by atoms with E-state index in [0.717, 1.165) is 4.90 Å². The maximum absolute atomic E-state index is 12.7. The molecular formula is C19H17NO5. The fourth-order valence-corrected chi connectivity index (χ4v) is 2.97. The van der Waals surface area contributed by atoms with Crippen LogP contribution < -0.4 is 4.74 Å². The summed E-state index contributed by atoms with van der Waals surface area (Å²) < 4.78 is 5.38. The summed E-state index contributed by atoms with van der Waals surface area (Å²) in [7, 11) is 0. The molecule has 1 aliphatic rings. The van der Waals surface area contributed by atoms with E-state index in [1.54, 1.807) is 48.5 Å². The Kier molecular flexibility index (Phi) is 4.52. The minimum Gasteiger partial charge on any atom is -0.494 e. The lowest BCUT2D eigenvalue weighted by Gasteiger charge is -2.25. The van der Waals surface area contributed by atoms with Gasteiger partial charge >= 0.3 is 5.97 Å². The molecule has 2 aromatic carbocycles. The number of carboxylic acid groups (broad SMARTS) is 1. The molecule has 3 rings (SSSR count). The van der Waals surface area contributed by atoms with Gasteiger partial charge in [-0.3, -0.25) is 19.3 Å². The molecule has 6 nitrogen and oxygen atoms in total. The van der Waals surface area contributed by atoms with Crippen molar-refractivity contribution in [3.63, 3.8) is 0 Å². The van der Waals surface area contributed by atoms with Crippen LogP contribution in [0.5, 0.6) is 5.75 Å². The predicted octanol–water partition coefficient (Wildman–Crippen LogP) is 2.90. The third-order valence-corrected chi connectivity index (χ3v) is 4.08. The van der Waals surface area contributed by atoms with E-state index < -0.39 is 23.8 Å². The van der Waals surface area contributed by atoms with Gasteiger partial charge in [-0.15, -0.1) is 0 Å². The lowest BCUT2D eigenvalue weighted by Crippen LogP contribution is -2.35. The van der Waals surface area contributed by atoms with Gasteiger partial charge in [0.25, 0.3) is 11.8 Å². The molecule has 0 aliphatic carbocycles. The van der Waals surface area contributed by atoms with Crippen LogP contribution in [0, 0.1) is 0 Å². The van der Waals surface area contributed by atoms with Crippen LogP contribution in [-0.2, 0) is 4.79 Å². The average molecular weight is 339 g/mol. The molecule has 25 heavy (non-hydrogen) atoms. The van der Waals surface area contributed by atoms with Crippen molar-refractivity contribution in [3.05, 3.63) is 65.2 Å². The molecule has 1 aliphatic heterocycles. The molecule has 0 saturated carbocycles. The third-order valence-electron chi connectivity index (χ3n) is 4.08. The minimum atomic E-state index is -1.09. The second-order valence-electron chi connectivity index (χ2n) is 5.64. The average Bonchev–Trinajstić information content (AvgIpc) is 2.85. The van der Waals surface area contributed by atoms with Crippen molar-refractivity contribution in [1.29, 1.82) is 0 Å². The first-order valence-electron chi connectivity index (χ1n) is 7.94. The number of aliphatic carboxylic acids is 1. The first-order chi connectivity index (χ1) is 12.0. The van der Waals surface area contributed by atoms with E-state index in [1.807, 2.05) is 6.92 Å². The van der Waals surface area contributed by atoms with Crippen molar-refractivity contribution in [2.45, 2.75) is 19.4 Å². The Hall–Kier alpha value is -3.15. The van der Waals surface area contributed by atoms with Crippen LogP contribution in [-0.4, -0.2) is 34.4 Å². The standard InChI is InChI=1S/C19H17NO5/c1-2-25-13-9-7-12(8-10-13)16(11-17(21)22)20-18(23)14-5-3-4-6-15(14)19(20)24/h3-10,16H,2,11H2,1H3,(H,21,22). The number of nitrogens with zero attached hydrogens (tertiary/aromatic N) is 1. The molecule has 1 heterocycles. The number of carbonyl (C=O) groups excluding carboxylic acids is 2. The highest BCUT2D eigenvalue weighted by atomic mass is 16.5. The van der Waals surface area contributed by atoms with Gasteiger partial charge in [0.2, 0.25) is 0 Å². The number of hydrogen-bond acceptors (Lipinski definition) is 4. The van der Waals surface area contributed by atoms with Gasteiger partial charge in [0, 0.05) is 0 Å². The summed E-state index contributed by atoms with van der Waals surface area (Å²) in [5.74, 6) is -1.39. The maximum atomic E-state index is 12.7. The molecule has 0 aromatic heterocycles. The zero-order valence-electron chi connectivity index (χ0n) is 13.6. The van der Waals surface area contributed by atoms with Gasteiger partial charge in [-0.05, 0) is 36.8 Å². The van der Waals surface area contributed by atoms with E-state index in [0.29, 0.717) is 29.0 Å². The number of fused-ring (bicyclic) bond motifs is 1. The van der Waals surface area contributed by atoms with Crippen LogP contribution >= 0.6 is 0 Å². The zero-order valence-corrected chi connectivity index (χ0v) is 13.6. The lowest BCUT2D eigenvalue weighted by molar-refractivity contribution is -0.138. The molecule has 0 spiro atoms. The molecule has 1 atom stereocenters. The van der Waals surface area contributed by atoms with Crippen molar-refractivity contribution in [2.75, 3.05) is 6.61 Å². The lowest BCUT2D eigenvalue weighted by atomic mass is 10.0. The Morgan fingerprint density at radius 1 is 1.04 bits per heavy atom. The molecule has 6 heteroatoms. The number of benzene rings is 2. The van der Waals surface area contributed by atoms with Crippen molar-refractivity contribution in [3.8, 4) is 5.75 Å². The topological polar surface area (TPSA) is 83.9 Å². The van der Waals surface area contributed by atoms with E-state index in [2.05, 4.69) is 0 Å². The third kappa shape index (κ3) is 3.10.